The number of fused-ring (bicyclic) bond motifs is 1. The second-order valence-electron chi connectivity index (χ2n) is 10.4. The van der Waals surface area contributed by atoms with Crippen LogP contribution < -0.4 is 0 Å². The van der Waals surface area contributed by atoms with Crippen molar-refractivity contribution in [3.8, 4) is 0 Å². The van der Waals surface area contributed by atoms with Crippen molar-refractivity contribution in [2.75, 3.05) is 52.6 Å². The highest BCUT2D eigenvalue weighted by Crippen LogP contribution is 2.34. The molecule has 1 atom stereocenters. The van der Waals surface area contributed by atoms with Crippen molar-refractivity contribution in [2.45, 2.75) is 51.7 Å². The number of benzene rings is 1. The number of piperidine rings is 1. The minimum Gasteiger partial charge on any atom is -0.394 e. The van der Waals surface area contributed by atoms with Crippen molar-refractivity contribution in [3.05, 3.63) is 47.8 Å². The van der Waals surface area contributed by atoms with Crippen LogP contribution >= 0.6 is 0 Å². The van der Waals surface area contributed by atoms with E-state index in [4.69, 9.17) is 19.6 Å². The minimum atomic E-state index is -0.206. The molecule has 1 N–H and O–H groups in total. The van der Waals surface area contributed by atoms with Gasteiger partial charge in [-0.1, -0.05) is 6.58 Å². The first kappa shape index (κ1) is 25.1. The summed E-state index contributed by atoms with van der Waals surface area (Å²) in [5.41, 5.74) is 5.65. The van der Waals surface area contributed by atoms with Gasteiger partial charge in [0.05, 0.1) is 50.3 Å². The van der Waals surface area contributed by atoms with Crippen LogP contribution in [0, 0.1) is 6.92 Å². The van der Waals surface area contributed by atoms with Crippen LogP contribution in [-0.2, 0) is 9.47 Å². The fourth-order valence-corrected chi connectivity index (χ4v) is 5.61. The Kier molecular flexibility index (Phi) is 7.57. The third-order valence-corrected chi connectivity index (χ3v) is 7.71. The second kappa shape index (κ2) is 10.8. The first-order valence-electron chi connectivity index (χ1n) is 13.1. The smallest absolute Gasteiger partial charge is 0.130 e. The molecular weight excluding hydrogens is 454 g/mol. The molecule has 1 aromatic carbocycles. The topological polar surface area (TPSA) is 75.4 Å². The summed E-state index contributed by atoms with van der Waals surface area (Å²) in [6, 6.07) is 5.26. The quantitative estimate of drug-likeness (QED) is 0.491. The number of aryl methyl sites for hydroxylation is 1. The molecule has 1 unspecified atom stereocenters. The summed E-state index contributed by atoms with van der Waals surface area (Å²) in [5.74, 6) is 1.40. The van der Waals surface area contributed by atoms with E-state index in [0.29, 0.717) is 25.1 Å². The summed E-state index contributed by atoms with van der Waals surface area (Å²) in [7, 11) is 0. The molecule has 194 valence electrons. The zero-order valence-corrected chi connectivity index (χ0v) is 21.8. The first-order valence-corrected chi connectivity index (χ1v) is 13.1. The van der Waals surface area contributed by atoms with E-state index < -0.39 is 0 Å². The van der Waals surface area contributed by atoms with Crippen LogP contribution in [0.4, 0.5) is 0 Å². The third kappa shape index (κ3) is 5.27. The molecule has 8 heteroatoms. The van der Waals surface area contributed by atoms with Gasteiger partial charge in [0.1, 0.15) is 5.84 Å². The largest absolute Gasteiger partial charge is 0.394 e. The molecule has 3 aliphatic rings. The number of hydrogen-bond acceptors (Lipinski definition) is 6. The maximum Gasteiger partial charge on any atom is 0.130 e. The number of amidine groups is 1. The van der Waals surface area contributed by atoms with Crippen molar-refractivity contribution in [1.82, 2.24) is 19.6 Å². The molecule has 1 aromatic heterocycles. The molecule has 0 aliphatic carbocycles. The molecule has 0 saturated carbocycles. The van der Waals surface area contributed by atoms with E-state index >= 15 is 0 Å². The Morgan fingerprint density at radius 2 is 2.00 bits per heavy atom. The molecule has 0 amide bonds. The maximum absolute atomic E-state index is 9.59. The van der Waals surface area contributed by atoms with E-state index in [1.807, 2.05) is 17.8 Å². The molecular formula is C28H39N5O3. The Hall–Kier alpha value is -2.52. The molecule has 36 heavy (non-hydrogen) atoms. The lowest BCUT2D eigenvalue weighted by molar-refractivity contribution is -0.0712. The van der Waals surface area contributed by atoms with Crippen LogP contribution in [0.5, 0.6) is 0 Å². The molecule has 3 fully saturated rings. The number of likely N-dealkylation sites (tertiary alicyclic amines) is 1. The van der Waals surface area contributed by atoms with Crippen molar-refractivity contribution in [1.29, 1.82) is 0 Å². The standard InChI is InChI=1S/C28H39N5O3/c1-19(2)30-28(32-9-10-36-25(15-32)16-34)12-21(4)33-27-13-26(20(3)11-23(27)14-29-33)22-5-7-31(8-6-22)24-17-35-18-24/h11-14,22,24-25,34H,1,5-10,15-18H2,2-4H3/b21-12+,30-28+. The first-order chi connectivity index (χ1) is 17.4. The average Bonchev–Trinajstić information content (AvgIpc) is 3.25. The van der Waals surface area contributed by atoms with Gasteiger partial charge in [-0.05, 0) is 75.9 Å². The monoisotopic (exact) mass is 493 g/mol. The van der Waals surface area contributed by atoms with E-state index in [-0.39, 0.29) is 12.7 Å². The van der Waals surface area contributed by atoms with Gasteiger partial charge in [0.2, 0.25) is 0 Å². The summed E-state index contributed by atoms with van der Waals surface area (Å²) >= 11 is 0. The van der Waals surface area contributed by atoms with Crippen molar-refractivity contribution >= 4 is 22.4 Å². The number of aromatic nitrogens is 2. The predicted octanol–water partition coefficient (Wildman–Crippen LogP) is 3.41. The van der Waals surface area contributed by atoms with Gasteiger partial charge in [-0.25, -0.2) is 9.67 Å². The van der Waals surface area contributed by atoms with Crippen LogP contribution in [0.2, 0.25) is 0 Å². The molecule has 5 rings (SSSR count). The highest BCUT2D eigenvalue weighted by atomic mass is 16.5. The van der Waals surface area contributed by atoms with Crippen molar-refractivity contribution in [3.63, 3.8) is 0 Å². The molecule has 0 radical (unpaired) electrons. The van der Waals surface area contributed by atoms with E-state index in [9.17, 15) is 5.11 Å². The minimum absolute atomic E-state index is 0.00116. The van der Waals surface area contributed by atoms with E-state index in [1.54, 1.807) is 0 Å². The van der Waals surface area contributed by atoms with E-state index in [0.717, 1.165) is 61.0 Å². The highest BCUT2D eigenvalue weighted by Gasteiger charge is 2.30. The zero-order valence-electron chi connectivity index (χ0n) is 21.8. The van der Waals surface area contributed by atoms with Crippen molar-refractivity contribution < 1.29 is 14.6 Å². The number of aliphatic hydroxyl groups is 1. The fraction of sp³-hybridized carbons (Fsp3) is 0.571. The Balaban J connectivity index is 1.41. The van der Waals surface area contributed by atoms with E-state index in [1.165, 1.54) is 24.0 Å². The Morgan fingerprint density at radius 3 is 2.67 bits per heavy atom. The Bertz CT molecular complexity index is 1160. The van der Waals surface area contributed by atoms with Gasteiger partial charge in [0.25, 0.3) is 0 Å². The van der Waals surface area contributed by atoms with Crippen LogP contribution in [0.15, 0.2) is 41.7 Å². The van der Waals surface area contributed by atoms with Gasteiger partial charge in [-0.2, -0.15) is 5.10 Å². The lowest BCUT2D eigenvalue weighted by Crippen LogP contribution is -2.51. The van der Waals surface area contributed by atoms with E-state index in [2.05, 4.69) is 48.4 Å². The summed E-state index contributed by atoms with van der Waals surface area (Å²) in [6.07, 6.45) is 6.19. The average molecular weight is 494 g/mol. The van der Waals surface area contributed by atoms with Gasteiger partial charge < -0.3 is 19.5 Å². The van der Waals surface area contributed by atoms with Crippen LogP contribution in [0.25, 0.3) is 16.6 Å². The van der Waals surface area contributed by atoms with Gasteiger partial charge in [0.15, 0.2) is 0 Å². The predicted molar refractivity (Wildman–Crippen MR) is 143 cm³/mol. The molecule has 4 heterocycles. The molecule has 0 bridgehead atoms. The lowest BCUT2D eigenvalue weighted by atomic mass is 9.85. The van der Waals surface area contributed by atoms with Gasteiger partial charge >= 0.3 is 0 Å². The molecule has 3 aliphatic heterocycles. The molecule has 3 saturated heterocycles. The van der Waals surface area contributed by atoms with Crippen LogP contribution in [0.3, 0.4) is 0 Å². The Labute approximate surface area is 213 Å². The van der Waals surface area contributed by atoms with Gasteiger partial charge in [-0.3, -0.25) is 4.90 Å². The summed E-state index contributed by atoms with van der Waals surface area (Å²) in [4.78, 5) is 9.47. The lowest BCUT2D eigenvalue weighted by Gasteiger charge is -2.41. The van der Waals surface area contributed by atoms with Gasteiger partial charge in [0, 0.05) is 35.9 Å². The number of morpholine rings is 1. The maximum atomic E-state index is 9.59. The Morgan fingerprint density at radius 1 is 1.22 bits per heavy atom. The molecule has 8 nitrogen and oxygen atoms in total. The second-order valence-corrected chi connectivity index (χ2v) is 10.4. The van der Waals surface area contributed by atoms with Crippen LogP contribution in [-0.4, -0.2) is 95.3 Å². The number of nitrogens with zero attached hydrogens (tertiary/aromatic N) is 5. The summed E-state index contributed by atoms with van der Waals surface area (Å²) in [6.45, 7) is 16.1. The zero-order chi connectivity index (χ0) is 25.2. The van der Waals surface area contributed by atoms with Crippen molar-refractivity contribution in [2.24, 2.45) is 4.99 Å². The SMILES string of the molecule is C=C(C)/N=C(\C=C(/C)n1ncc2cc(C)c(C3CCN(C4COC4)CC3)cc21)N1CCOC(CO)C1. The number of allylic oxidation sites excluding steroid dienone is 2. The molecule has 2 aromatic rings. The summed E-state index contributed by atoms with van der Waals surface area (Å²) < 4.78 is 13.1. The number of aliphatic imine (C=N–C) groups is 1. The highest BCUT2D eigenvalue weighted by molar-refractivity contribution is 5.98. The number of hydrogen-bond donors (Lipinski definition) is 1. The number of ether oxygens (including phenoxy) is 2. The number of rotatable bonds is 6. The van der Waals surface area contributed by atoms with Gasteiger partial charge in [-0.15, -0.1) is 0 Å². The third-order valence-electron chi connectivity index (χ3n) is 7.71. The van der Waals surface area contributed by atoms with Crippen LogP contribution in [0.1, 0.15) is 43.7 Å². The summed E-state index contributed by atoms with van der Waals surface area (Å²) in [5, 5.41) is 15.5. The fourth-order valence-electron chi connectivity index (χ4n) is 5.61. The molecule has 0 spiro atoms. The number of aliphatic hydroxyl groups excluding tert-OH is 1. The normalized spacial score (nSPS) is 23.3.